The first-order valence-corrected chi connectivity index (χ1v) is 8.72. The average Bonchev–Trinajstić information content (AvgIpc) is 2.88. The number of fused-ring (bicyclic) bond motifs is 1. The number of nitrogens with zero attached hydrogens (tertiary/aromatic N) is 1. The molecule has 1 amide bonds. The van der Waals surface area contributed by atoms with E-state index in [4.69, 9.17) is 9.47 Å². The van der Waals surface area contributed by atoms with Gasteiger partial charge in [0.2, 0.25) is 0 Å². The zero-order valence-corrected chi connectivity index (χ0v) is 16.4. The first-order valence-electron chi connectivity index (χ1n) is 8.72. The molecule has 0 saturated heterocycles. The summed E-state index contributed by atoms with van der Waals surface area (Å²) in [5.41, 5.74) is 1.74. The van der Waals surface area contributed by atoms with Gasteiger partial charge in [-0.15, -0.1) is 0 Å². The van der Waals surface area contributed by atoms with E-state index in [1.165, 1.54) is 0 Å². The lowest BCUT2D eigenvalue weighted by Crippen LogP contribution is -2.28. The largest absolute Gasteiger partial charge is 0.483 e. The Kier molecular flexibility index (Phi) is 7.68. The van der Waals surface area contributed by atoms with E-state index in [0.29, 0.717) is 11.6 Å². The number of hydrogen-bond donors (Lipinski definition) is 1. The standard InChI is InChI=1S/C18H24N2O3.C2H6.H2/c1-6-15(19-12(2)3)20-16(21)11-22-14-9-7-8-13-10-18(4,5)23-17(13)14;1-2;/h6-9H,10-11H2,1-5H3,(H,20,21);1-2H3;1H/b15-6+;;. The number of carbonyl (C=O) groups is 1. The molecule has 2 rings (SSSR count). The molecular formula is C20H32N2O3. The molecule has 1 heterocycles. The molecule has 0 saturated carbocycles. The highest BCUT2D eigenvalue weighted by atomic mass is 16.5. The number of carbonyl (C=O) groups excluding carboxylic acids is 1. The predicted molar refractivity (Wildman–Crippen MR) is 104 cm³/mol. The lowest BCUT2D eigenvalue weighted by molar-refractivity contribution is -0.122. The quantitative estimate of drug-likeness (QED) is 0.797. The zero-order chi connectivity index (χ0) is 19.0. The van der Waals surface area contributed by atoms with Gasteiger partial charge in [0.25, 0.3) is 5.91 Å². The molecule has 1 N–H and O–H groups in total. The summed E-state index contributed by atoms with van der Waals surface area (Å²) in [7, 11) is 0. The summed E-state index contributed by atoms with van der Waals surface area (Å²) in [6.07, 6.45) is 2.58. The van der Waals surface area contributed by atoms with Crippen LogP contribution < -0.4 is 14.8 Å². The fourth-order valence-electron chi connectivity index (χ4n) is 2.43. The van der Waals surface area contributed by atoms with Crippen LogP contribution in [-0.4, -0.2) is 23.8 Å². The molecule has 0 unspecified atom stereocenters. The van der Waals surface area contributed by atoms with Crippen LogP contribution in [0.3, 0.4) is 0 Å². The van der Waals surface area contributed by atoms with Crippen molar-refractivity contribution in [3.8, 4) is 11.5 Å². The van der Waals surface area contributed by atoms with Crippen molar-refractivity contribution in [2.45, 2.75) is 60.5 Å². The van der Waals surface area contributed by atoms with Gasteiger partial charge in [-0.3, -0.25) is 4.79 Å². The number of benzene rings is 1. The van der Waals surface area contributed by atoms with Crippen LogP contribution in [-0.2, 0) is 11.2 Å². The Morgan fingerprint density at radius 1 is 1.40 bits per heavy atom. The molecule has 1 aromatic carbocycles. The summed E-state index contributed by atoms with van der Waals surface area (Å²) in [5, 5.41) is 2.72. The molecule has 140 valence electrons. The third-order valence-electron chi connectivity index (χ3n) is 3.30. The van der Waals surface area contributed by atoms with E-state index in [1.807, 2.05) is 66.7 Å². The molecule has 1 aliphatic heterocycles. The molecule has 0 radical (unpaired) electrons. The van der Waals surface area contributed by atoms with Gasteiger partial charge in [0.15, 0.2) is 18.1 Å². The maximum Gasteiger partial charge on any atom is 0.263 e. The number of amides is 1. The Labute approximate surface area is 152 Å². The summed E-state index contributed by atoms with van der Waals surface area (Å²) < 4.78 is 11.6. The van der Waals surface area contributed by atoms with Crippen molar-refractivity contribution in [1.29, 1.82) is 0 Å². The van der Waals surface area contributed by atoms with Gasteiger partial charge in [-0.25, -0.2) is 4.99 Å². The molecule has 1 aromatic rings. The Morgan fingerprint density at radius 2 is 2.08 bits per heavy atom. The van der Waals surface area contributed by atoms with Gasteiger partial charge in [0.05, 0.1) is 0 Å². The summed E-state index contributed by atoms with van der Waals surface area (Å²) in [4.78, 5) is 16.2. The van der Waals surface area contributed by atoms with Gasteiger partial charge >= 0.3 is 0 Å². The van der Waals surface area contributed by atoms with Gasteiger partial charge in [0.1, 0.15) is 11.4 Å². The molecule has 0 atom stereocenters. The SMILES string of the molecule is C/C=C(\N=C(C)C)NC(=O)COc1cccc2c1OC(C)(C)C2.CC.[HH]. The zero-order valence-electron chi connectivity index (χ0n) is 16.4. The summed E-state index contributed by atoms with van der Waals surface area (Å²) in [6.45, 7) is 13.6. The van der Waals surface area contributed by atoms with Crippen molar-refractivity contribution >= 4 is 11.6 Å². The Bertz CT molecular complexity index is 663. The maximum atomic E-state index is 12.0. The second-order valence-corrected chi connectivity index (χ2v) is 6.35. The molecule has 25 heavy (non-hydrogen) atoms. The van der Waals surface area contributed by atoms with Gasteiger partial charge in [-0.05, 0) is 46.8 Å². The van der Waals surface area contributed by atoms with Crippen molar-refractivity contribution < 1.29 is 15.7 Å². The summed E-state index contributed by atoms with van der Waals surface area (Å²) >= 11 is 0. The number of hydrogen-bond acceptors (Lipinski definition) is 4. The van der Waals surface area contributed by atoms with Crippen molar-refractivity contribution in [1.82, 2.24) is 5.32 Å². The third kappa shape index (κ3) is 6.25. The second kappa shape index (κ2) is 9.25. The fraction of sp³-hybridized carbons (Fsp3) is 0.500. The van der Waals surface area contributed by atoms with E-state index < -0.39 is 0 Å². The predicted octanol–water partition coefficient (Wildman–Crippen LogP) is 4.51. The summed E-state index contributed by atoms with van der Waals surface area (Å²) in [5.74, 6) is 1.60. The lowest BCUT2D eigenvalue weighted by Gasteiger charge is -2.18. The van der Waals surface area contributed by atoms with Gasteiger partial charge in [0, 0.05) is 19.1 Å². The highest BCUT2D eigenvalue weighted by Gasteiger charge is 2.32. The molecular weight excluding hydrogens is 316 g/mol. The number of ether oxygens (including phenoxy) is 2. The minimum absolute atomic E-state index is 0. The fourth-order valence-corrected chi connectivity index (χ4v) is 2.43. The lowest BCUT2D eigenvalue weighted by atomic mass is 10.0. The molecule has 0 aliphatic carbocycles. The van der Waals surface area contributed by atoms with E-state index in [0.717, 1.165) is 23.4 Å². The monoisotopic (exact) mass is 348 g/mol. The first kappa shape index (κ1) is 20.7. The highest BCUT2D eigenvalue weighted by Crippen LogP contribution is 2.41. The van der Waals surface area contributed by atoms with E-state index >= 15 is 0 Å². The normalized spacial score (nSPS) is 14.4. The molecule has 0 aromatic heterocycles. The minimum Gasteiger partial charge on any atom is -0.483 e. The van der Waals surface area contributed by atoms with Crippen molar-refractivity contribution in [2.24, 2.45) is 4.99 Å². The topological polar surface area (TPSA) is 59.9 Å². The molecule has 0 bridgehead atoms. The molecule has 5 heteroatoms. The Hall–Kier alpha value is -2.30. The number of aliphatic imine (C=N–C) groups is 1. The van der Waals surface area contributed by atoms with Gasteiger partial charge in [-0.1, -0.05) is 26.0 Å². The van der Waals surface area contributed by atoms with Crippen LogP contribution in [0.5, 0.6) is 11.5 Å². The number of para-hydroxylation sites is 1. The van der Waals surface area contributed by atoms with E-state index in [9.17, 15) is 4.79 Å². The van der Waals surface area contributed by atoms with Crippen LogP contribution in [0.4, 0.5) is 0 Å². The summed E-state index contributed by atoms with van der Waals surface area (Å²) in [6, 6.07) is 5.76. The van der Waals surface area contributed by atoms with Gasteiger partial charge < -0.3 is 14.8 Å². The smallest absolute Gasteiger partial charge is 0.263 e. The highest BCUT2D eigenvalue weighted by molar-refractivity contribution is 5.83. The molecule has 0 spiro atoms. The van der Waals surface area contributed by atoms with Crippen LogP contribution in [0.2, 0.25) is 0 Å². The van der Waals surface area contributed by atoms with Crippen LogP contribution in [0, 0.1) is 0 Å². The van der Waals surface area contributed by atoms with Gasteiger partial charge in [-0.2, -0.15) is 0 Å². The van der Waals surface area contributed by atoms with E-state index in [-0.39, 0.29) is 19.5 Å². The van der Waals surface area contributed by atoms with Crippen LogP contribution in [0.25, 0.3) is 0 Å². The Morgan fingerprint density at radius 3 is 2.68 bits per heavy atom. The Balaban J connectivity index is 0.00000201. The third-order valence-corrected chi connectivity index (χ3v) is 3.30. The number of rotatable bonds is 5. The number of allylic oxidation sites excluding steroid dienone is 1. The van der Waals surface area contributed by atoms with Crippen LogP contribution in [0.1, 0.15) is 55.5 Å². The van der Waals surface area contributed by atoms with Crippen LogP contribution >= 0.6 is 0 Å². The molecule has 5 nitrogen and oxygen atoms in total. The molecule has 0 fully saturated rings. The van der Waals surface area contributed by atoms with Crippen molar-refractivity contribution in [3.05, 3.63) is 35.7 Å². The number of nitrogens with one attached hydrogen (secondary N) is 1. The maximum absolute atomic E-state index is 12.0. The van der Waals surface area contributed by atoms with E-state index in [1.54, 1.807) is 6.08 Å². The second-order valence-electron chi connectivity index (χ2n) is 6.35. The average molecular weight is 348 g/mol. The van der Waals surface area contributed by atoms with Crippen molar-refractivity contribution in [3.63, 3.8) is 0 Å². The van der Waals surface area contributed by atoms with Crippen LogP contribution in [0.15, 0.2) is 35.1 Å². The minimum atomic E-state index is -0.252. The first-order chi connectivity index (χ1) is 11.8. The van der Waals surface area contributed by atoms with E-state index in [2.05, 4.69) is 10.3 Å². The van der Waals surface area contributed by atoms with Crippen molar-refractivity contribution in [2.75, 3.05) is 6.61 Å². The molecule has 1 aliphatic rings.